The van der Waals surface area contributed by atoms with Gasteiger partial charge in [0.2, 0.25) is 0 Å². The Balaban J connectivity index is 3.72. The zero-order valence-corrected chi connectivity index (χ0v) is 15.3. The van der Waals surface area contributed by atoms with E-state index in [0.717, 1.165) is 4.90 Å². The number of nitro benzene ring substituents is 1. The van der Waals surface area contributed by atoms with Gasteiger partial charge in [-0.1, -0.05) is 0 Å². The first-order valence-corrected chi connectivity index (χ1v) is 8.51. The predicted octanol–water partition coefficient (Wildman–Crippen LogP) is 0.440. The minimum Gasteiger partial charge on any atom is -0.480 e. The number of anilines is 2. The minimum absolute atomic E-state index is 0.134. The number of rotatable bonds is 12. The average molecular weight is 406 g/mol. The highest BCUT2D eigenvalue weighted by Gasteiger charge is 2.34. The second-order valence-corrected chi connectivity index (χ2v) is 6.04. The van der Waals surface area contributed by atoms with E-state index in [1.165, 1.54) is 7.05 Å². The van der Waals surface area contributed by atoms with Crippen LogP contribution in [0.5, 0.6) is 0 Å². The number of nitro groups is 1. The molecule has 0 aliphatic rings. The highest BCUT2D eigenvalue weighted by atomic mass is 19.1. The van der Waals surface area contributed by atoms with Crippen molar-refractivity contribution < 1.29 is 33.8 Å². The van der Waals surface area contributed by atoms with Gasteiger partial charge in [0.05, 0.1) is 23.7 Å². The largest absolute Gasteiger partial charge is 0.480 e. The third-order valence-corrected chi connectivity index (χ3v) is 4.10. The normalized spacial score (nSPS) is 11.9. The SMILES string of the molecule is CN(CCO)c1c(F)c(CCCCN)c([N+](=O)[O-])c(N[C@@H](CO)C(=O)O)c1F. The van der Waals surface area contributed by atoms with Gasteiger partial charge >= 0.3 is 11.7 Å². The van der Waals surface area contributed by atoms with E-state index in [4.69, 9.17) is 15.9 Å². The van der Waals surface area contributed by atoms with E-state index in [9.17, 15) is 20.0 Å². The van der Waals surface area contributed by atoms with Crippen molar-refractivity contribution in [1.82, 2.24) is 0 Å². The molecule has 1 atom stereocenters. The van der Waals surface area contributed by atoms with Gasteiger partial charge in [-0.15, -0.1) is 0 Å². The zero-order valence-electron chi connectivity index (χ0n) is 15.3. The lowest BCUT2D eigenvalue weighted by Crippen LogP contribution is -2.34. The molecule has 1 aromatic carbocycles. The van der Waals surface area contributed by atoms with Gasteiger partial charge in [-0.05, 0) is 25.8 Å². The molecule has 0 saturated carbocycles. The van der Waals surface area contributed by atoms with E-state index in [1.807, 2.05) is 0 Å². The van der Waals surface area contributed by atoms with E-state index in [2.05, 4.69) is 5.32 Å². The second-order valence-electron chi connectivity index (χ2n) is 6.04. The Labute approximate surface area is 159 Å². The number of aliphatic carboxylic acids is 1. The van der Waals surface area contributed by atoms with Crippen molar-refractivity contribution in [1.29, 1.82) is 0 Å². The van der Waals surface area contributed by atoms with Crippen molar-refractivity contribution in [3.05, 3.63) is 27.3 Å². The Morgan fingerprint density at radius 1 is 1.32 bits per heavy atom. The molecule has 28 heavy (non-hydrogen) atoms. The summed E-state index contributed by atoms with van der Waals surface area (Å²) in [5, 5.41) is 41.0. The smallest absolute Gasteiger partial charge is 0.328 e. The van der Waals surface area contributed by atoms with E-state index in [0.29, 0.717) is 6.42 Å². The first kappa shape index (κ1) is 23.5. The lowest BCUT2D eigenvalue weighted by atomic mass is 10.0. The summed E-state index contributed by atoms with van der Waals surface area (Å²) in [7, 11) is 1.28. The lowest BCUT2D eigenvalue weighted by molar-refractivity contribution is -0.385. The molecule has 1 rings (SSSR count). The molecule has 0 aromatic heterocycles. The van der Waals surface area contributed by atoms with Gasteiger partial charge in [0.15, 0.2) is 17.3 Å². The number of carboxylic acids is 1. The van der Waals surface area contributed by atoms with Gasteiger partial charge < -0.3 is 31.3 Å². The fourth-order valence-corrected chi connectivity index (χ4v) is 2.68. The Hall–Kier alpha value is -2.57. The molecule has 0 saturated heterocycles. The Bertz CT molecular complexity index is 719. The lowest BCUT2D eigenvalue weighted by Gasteiger charge is -2.24. The summed E-state index contributed by atoms with van der Waals surface area (Å²) in [5.74, 6) is -4.13. The van der Waals surface area contributed by atoms with Gasteiger partial charge in [-0.2, -0.15) is 0 Å². The van der Waals surface area contributed by atoms with Crippen LogP contribution in [0.3, 0.4) is 0 Å². The fourth-order valence-electron chi connectivity index (χ4n) is 2.68. The molecule has 0 radical (unpaired) electrons. The maximum atomic E-state index is 15.0. The number of benzene rings is 1. The molecule has 0 aliphatic heterocycles. The number of nitrogens with zero attached hydrogens (tertiary/aromatic N) is 2. The number of nitrogens with one attached hydrogen (secondary N) is 1. The van der Waals surface area contributed by atoms with E-state index in [-0.39, 0.29) is 25.9 Å². The van der Waals surface area contributed by atoms with Crippen molar-refractivity contribution in [2.24, 2.45) is 5.73 Å². The monoisotopic (exact) mass is 406 g/mol. The molecule has 6 N–H and O–H groups in total. The van der Waals surface area contributed by atoms with Crippen LogP contribution in [0, 0.1) is 21.7 Å². The summed E-state index contributed by atoms with van der Waals surface area (Å²) in [5.41, 5.74) is 2.55. The number of carbonyl (C=O) groups is 1. The van der Waals surface area contributed by atoms with Gasteiger partial charge in [-0.25, -0.2) is 13.6 Å². The Morgan fingerprint density at radius 3 is 2.43 bits per heavy atom. The van der Waals surface area contributed by atoms with E-state index in [1.54, 1.807) is 0 Å². The standard InChI is InChI=1S/C16H24F2N4O6/c1-21(6-7-23)15-11(17)9(4-2-3-5-19)14(22(27)28)13(12(15)18)20-10(8-24)16(25)26/h10,20,23-24H,2-8,19H2,1H3,(H,25,26)/t10-/m0/s1. The number of hydrogen-bond donors (Lipinski definition) is 5. The fraction of sp³-hybridized carbons (Fsp3) is 0.562. The summed E-state index contributed by atoms with van der Waals surface area (Å²) in [6, 6.07) is -1.74. The number of likely N-dealkylation sites (N-methyl/N-ethyl adjacent to an activating group) is 1. The van der Waals surface area contributed by atoms with Crippen LogP contribution in [0.4, 0.5) is 25.8 Å². The quantitative estimate of drug-likeness (QED) is 0.188. The first-order valence-electron chi connectivity index (χ1n) is 8.51. The predicted molar refractivity (Wildman–Crippen MR) is 97.5 cm³/mol. The van der Waals surface area contributed by atoms with Crippen molar-refractivity contribution in [2.75, 3.05) is 43.6 Å². The summed E-state index contributed by atoms with van der Waals surface area (Å²) >= 11 is 0. The molecule has 10 nitrogen and oxygen atoms in total. The summed E-state index contributed by atoms with van der Waals surface area (Å²) in [6.45, 7) is -1.32. The van der Waals surface area contributed by atoms with Crippen molar-refractivity contribution in [3.63, 3.8) is 0 Å². The van der Waals surface area contributed by atoms with Crippen LogP contribution >= 0.6 is 0 Å². The molecule has 0 bridgehead atoms. The van der Waals surface area contributed by atoms with Gasteiger partial charge in [0.25, 0.3) is 0 Å². The van der Waals surface area contributed by atoms with Crippen LogP contribution < -0.4 is 16.0 Å². The molecule has 1 aromatic rings. The second kappa shape index (κ2) is 10.7. The third-order valence-electron chi connectivity index (χ3n) is 4.10. The molecular formula is C16H24F2N4O6. The van der Waals surface area contributed by atoms with Crippen LogP contribution in [0.1, 0.15) is 18.4 Å². The van der Waals surface area contributed by atoms with Crippen LogP contribution in [-0.4, -0.2) is 65.6 Å². The molecule has 0 aliphatic carbocycles. The molecule has 0 spiro atoms. The van der Waals surface area contributed by atoms with Crippen LogP contribution in [0.15, 0.2) is 0 Å². The van der Waals surface area contributed by atoms with Crippen LogP contribution in [-0.2, 0) is 11.2 Å². The van der Waals surface area contributed by atoms with Gasteiger partial charge in [0.1, 0.15) is 11.7 Å². The molecule has 158 valence electrons. The topological polar surface area (TPSA) is 162 Å². The summed E-state index contributed by atoms with van der Waals surface area (Å²) in [6.07, 6.45) is 0.586. The summed E-state index contributed by atoms with van der Waals surface area (Å²) < 4.78 is 30.1. The number of aliphatic hydroxyl groups is 2. The number of aliphatic hydroxyl groups excluding tert-OH is 2. The molecule has 0 heterocycles. The first-order chi connectivity index (χ1) is 13.2. The van der Waals surface area contributed by atoms with Gasteiger partial charge in [-0.3, -0.25) is 10.1 Å². The molecular weight excluding hydrogens is 382 g/mol. The zero-order chi connectivity index (χ0) is 21.4. The maximum absolute atomic E-state index is 15.0. The van der Waals surface area contributed by atoms with E-state index < -0.39 is 64.4 Å². The number of unbranched alkanes of at least 4 members (excludes halogenated alkanes) is 1. The number of halogens is 2. The van der Waals surface area contributed by atoms with Crippen LogP contribution in [0.25, 0.3) is 0 Å². The maximum Gasteiger partial charge on any atom is 0.328 e. The Kier molecular flexibility index (Phi) is 8.96. The number of nitrogens with two attached hydrogens (primary N) is 1. The van der Waals surface area contributed by atoms with E-state index >= 15 is 8.78 Å². The Morgan fingerprint density at radius 2 is 1.96 bits per heavy atom. The number of hydrogen-bond acceptors (Lipinski definition) is 8. The van der Waals surface area contributed by atoms with Crippen molar-refractivity contribution >= 4 is 23.0 Å². The molecule has 0 amide bonds. The number of carboxylic acid groups (broad SMARTS) is 1. The molecule has 0 unspecified atom stereocenters. The molecule has 0 fully saturated rings. The highest BCUT2D eigenvalue weighted by molar-refractivity contribution is 5.82. The minimum atomic E-state index is -1.74. The third kappa shape index (κ3) is 5.24. The van der Waals surface area contributed by atoms with Crippen molar-refractivity contribution in [2.45, 2.75) is 25.3 Å². The summed E-state index contributed by atoms with van der Waals surface area (Å²) in [4.78, 5) is 22.8. The van der Waals surface area contributed by atoms with Crippen LogP contribution in [0.2, 0.25) is 0 Å². The molecule has 12 heteroatoms. The van der Waals surface area contributed by atoms with Crippen molar-refractivity contribution in [3.8, 4) is 0 Å². The van der Waals surface area contributed by atoms with Gasteiger partial charge in [0, 0.05) is 13.6 Å². The highest BCUT2D eigenvalue weighted by Crippen LogP contribution is 2.41. The average Bonchev–Trinajstić information content (AvgIpc) is 2.62.